The van der Waals surface area contributed by atoms with Crippen molar-refractivity contribution in [3.05, 3.63) is 54.1 Å². The van der Waals surface area contributed by atoms with Crippen LogP contribution >= 0.6 is 0 Å². The van der Waals surface area contributed by atoms with Gasteiger partial charge in [-0.1, -0.05) is 12.1 Å². The predicted octanol–water partition coefficient (Wildman–Crippen LogP) is 2.25. The van der Waals surface area contributed by atoms with Gasteiger partial charge >= 0.3 is 0 Å². The molecule has 0 radical (unpaired) electrons. The van der Waals surface area contributed by atoms with Gasteiger partial charge in [-0.05, 0) is 54.6 Å². The third-order valence-electron chi connectivity index (χ3n) is 4.72. The van der Waals surface area contributed by atoms with Crippen LogP contribution in [0.2, 0.25) is 0 Å². The molecule has 2 amide bonds. The molecule has 9 nitrogen and oxygen atoms in total. The van der Waals surface area contributed by atoms with Gasteiger partial charge < -0.3 is 15.0 Å². The summed E-state index contributed by atoms with van der Waals surface area (Å²) >= 11 is 0. The highest BCUT2D eigenvalue weighted by Gasteiger charge is 2.31. The molecule has 1 unspecified atom stereocenters. The third-order valence-corrected chi connectivity index (χ3v) is 4.72. The van der Waals surface area contributed by atoms with Crippen LogP contribution < -0.4 is 15.0 Å². The highest BCUT2D eigenvalue weighted by atomic mass is 19.1. The summed E-state index contributed by atoms with van der Waals surface area (Å²) < 4.78 is 21.0. The molecular weight excluding hydrogens is 391 g/mol. The summed E-state index contributed by atoms with van der Waals surface area (Å²) in [5.41, 5.74) is 1.15. The fourth-order valence-corrected chi connectivity index (χ4v) is 3.23. The number of aryl methyl sites for hydroxylation is 1. The van der Waals surface area contributed by atoms with Gasteiger partial charge in [0.1, 0.15) is 17.3 Å². The van der Waals surface area contributed by atoms with Gasteiger partial charge in [-0.15, -0.1) is 5.10 Å². The summed E-state index contributed by atoms with van der Waals surface area (Å²) in [5, 5.41) is 13.7. The zero-order valence-electron chi connectivity index (χ0n) is 16.4. The van der Waals surface area contributed by atoms with E-state index in [1.807, 2.05) is 6.07 Å². The van der Waals surface area contributed by atoms with Crippen LogP contribution in [0.3, 0.4) is 0 Å². The predicted molar refractivity (Wildman–Crippen MR) is 106 cm³/mol. The van der Waals surface area contributed by atoms with Gasteiger partial charge in [-0.3, -0.25) is 9.59 Å². The number of fused-ring (bicyclic) bond motifs is 1. The van der Waals surface area contributed by atoms with E-state index < -0.39 is 11.9 Å². The minimum Gasteiger partial charge on any atom is -0.479 e. The van der Waals surface area contributed by atoms with Gasteiger partial charge in [0.25, 0.3) is 5.91 Å². The Kier molecular flexibility index (Phi) is 5.13. The van der Waals surface area contributed by atoms with Crippen molar-refractivity contribution in [2.75, 3.05) is 16.8 Å². The summed E-state index contributed by atoms with van der Waals surface area (Å²) in [6, 6.07) is 11.3. The number of carbonyl (C=O) groups is 2. The number of para-hydroxylation sites is 2. The Labute approximate surface area is 171 Å². The number of amides is 2. The van der Waals surface area contributed by atoms with E-state index in [0.29, 0.717) is 22.9 Å². The van der Waals surface area contributed by atoms with Crippen LogP contribution in [-0.2, 0) is 9.59 Å². The van der Waals surface area contributed by atoms with Gasteiger partial charge in [-0.25, -0.2) is 4.39 Å². The van der Waals surface area contributed by atoms with Crippen LogP contribution in [0, 0.1) is 12.7 Å². The largest absolute Gasteiger partial charge is 0.479 e. The molecule has 154 valence electrons. The number of nitrogens with zero attached hydrogens (tertiary/aromatic N) is 5. The first kappa shape index (κ1) is 19.5. The van der Waals surface area contributed by atoms with Crippen molar-refractivity contribution in [3.8, 4) is 11.4 Å². The molecule has 4 rings (SSSR count). The van der Waals surface area contributed by atoms with Crippen LogP contribution in [0.5, 0.6) is 5.75 Å². The molecule has 2 heterocycles. The van der Waals surface area contributed by atoms with E-state index in [1.165, 1.54) is 22.9 Å². The molecule has 0 spiro atoms. The van der Waals surface area contributed by atoms with Gasteiger partial charge in [0.15, 0.2) is 11.9 Å². The molecule has 1 aliphatic rings. The molecule has 0 saturated carbocycles. The minimum absolute atomic E-state index is 0.0589. The topological polar surface area (TPSA) is 102 Å². The van der Waals surface area contributed by atoms with Gasteiger partial charge in [0.2, 0.25) is 5.91 Å². The molecule has 0 aliphatic carbocycles. The van der Waals surface area contributed by atoms with Crippen molar-refractivity contribution in [1.29, 1.82) is 0 Å². The SMILES string of the molecule is Cc1nnnn1-c1cc(NC(=O)CCN2C(=O)C(C)Oc3ccccc32)ccc1F. The van der Waals surface area contributed by atoms with E-state index in [9.17, 15) is 14.0 Å². The zero-order valence-corrected chi connectivity index (χ0v) is 16.4. The number of hydrogen-bond acceptors (Lipinski definition) is 6. The fourth-order valence-electron chi connectivity index (χ4n) is 3.23. The summed E-state index contributed by atoms with van der Waals surface area (Å²) in [6.07, 6.45) is -0.564. The maximum atomic E-state index is 14.2. The van der Waals surface area contributed by atoms with Crippen molar-refractivity contribution >= 4 is 23.2 Å². The quantitative estimate of drug-likeness (QED) is 0.692. The lowest BCUT2D eigenvalue weighted by Gasteiger charge is -2.32. The van der Waals surface area contributed by atoms with Crippen LogP contribution in [0.25, 0.3) is 5.69 Å². The highest BCUT2D eigenvalue weighted by Crippen LogP contribution is 2.33. The van der Waals surface area contributed by atoms with Crippen molar-refractivity contribution in [2.45, 2.75) is 26.4 Å². The lowest BCUT2D eigenvalue weighted by molar-refractivity contribution is -0.125. The molecule has 2 aromatic carbocycles. The van der Waals surface area contributed by atoms with Crippen molar-refractivity contribution in [1.82, 2.24) is 20.2 Å². The van der Waals surface area contributed by atoms with Crippen molar-refractivity contribution in [2.24, 2.45) is 0 Å². The van der Waals surface area contributed by atoms with Gasteiger partial charge in [0, 0.05) is 18.7 Å². The normalized spacial score (nSPS) is 15.5. The average molecular weight is 410 g/mol. The average Bonchev–Trinajstić information content (AvgIpc) is 3.15. The first-order valence-corrected chi connectivity index (χ1v) is 9.36. The van der Waals surface area contributed by atoms with E-state index in [2.05, 4.69) is 20.8 Å². The number of ether oxygens (including phenoxy) is 1. The molecule has 0 fully saturated rings. The number of benzene rings is 2. The lowest BCUT2D eigenvalue weighted by atomic mass is 10.1. The number of tetrazole rings is 1. The van der Waals surface area contributed by atoms with E-state index in [4.69, 9.17) is 4.74 Å². The molecule has 0 bridgehead atoms. The van der Waals surface area contributed by atoms with Crippen LogP contribution in [0.15, 0.2) is 42.5 Å². The lowest BCUT2D eigenvalue weighted by Crippen LogP contribution is -2.45. The molecule has 30 heavy (non-hydrogen) atoms. The first-order valence-electron chi connectivity index (χ1n) is 9.36. The standard InChI is InChI=1S/C20H19FN6O3/c1-12-20(29)26(16-5-3-4-6-18(16)30-12)10-9-19(28)22-14-7-8-15(21)17(11-14)27-13(2)23-24-25-27/h3-8,11-12H,9-10H2,1-2H3,(H,22,28). The molecule has 1 N–H and O–H groups in total. The van der Waals surface area contributed by atoms with Crippen molar-refractivity contribution in [3.63, 3.8) is 0 Å². The minimum atomic E-state index is -0.623. The van der Waals surface area contributed by atoms with Crippen LogP contribution in [0.1, 0.15) is 19.2 Å². The van der Waals surface area contributed by atoms with Crippen LogP contribution in [-0.4, -0.2) is 44.7 Å². The van der Waals surface area contributed by atoms with E-state index in [0.717, 1.165) is 0 Å². The number of halogens is 1. The zero-order chi connectivity index (χ0) is 21.3. The Morgan fingerprint density at radius 2 is 2.03 bits per heavy atom. The second-order valence-electron chi connectivity index (χ2n) is 6.82. The second-order valence-corrected chi connectivity index (χ2v) is 6.82. The van der Waals surface area contributed by atoms with Gasteiger partial charge in [0.05, 0.1) is 5.69 Å². The monoisotopic (exact) mass is 410 g/mol. The summed E-state index contributed by atoms with van der Waals surface area (Å²) in [5.74, 6) is -0.0287. The molecule has 10 heteroatoms. The fraction of sp³-hybridized carbons (Fsp3) is 0.250. The Balaban J connectivity index is 1.46. The first-order chi connectivity index (χ1) is 14.4. The molecule has 1 aliphatic heterocycles. The molecule has 1 aromatic heterocycles. The van der Waals surface area contributed by atoms with E-state index >= 15 is 0 Å². The number of anilines is 2. The Bertz CT molecular complexity index is 1120. The van der Waals surface area contributed by atoms with Crippen molar-refractivity contribution < 1.29 is 18.7 Å². The number of nitrogens with one attached hydrogen (secondary N) is 1. The molecule has 0 saturated heterocycles. The molecule has 3 aromatic rings. The van der Waals surface area contributed by atoms with E-state index in [-0.39, 0.29) is 30.5 Å². The highest BCUT2D eigenvalue weighted by molar-refractivity contribution is 6.00. The molecule has 1 atom stereocenters. The second kappa shape index (κ2) is 7.90. The summed E-state index contributed by atoms with van der Waals surface area (Å²) in [4.78, 5) is 26.5. The maximum Gasteiger partial charge on any atom is 0.267 e. The number of carbonyl (C=O) groups excluding carboxylic acids is 2. The molecular formula is C20H19FN6O3. The smallest absolute Gasteiger partial charge is 0.267 e. The Morgan fingerprint density at radius 3 is 2.80 bits per heavy atom. The Hall–Kier alpha value is -3.82. The van der Waals surface area contributed by atoms with Crippen LogP contribution in [0.4, 0.5) is 15.8 Å². The summed E-state index contributed by atoms with van der Waals surface area (Å²) in [6.45, 7) is 3.50. The number of aromatic nitrogens is 4. The number of hydrogen-bond donors (Lipinski definition) is 1. The van der Waals surface area contributed by atoms with E-state index in [1.54, 1.807) is 36.9 Å². The summed E-state index contributed by atoms with van der Waals surface area (Å²) in [7, 11) is 0. The van der Waals surface area contributed by atoms with Gasteiger partial charge in [-0.2, -0.15) is 4.68 Å². The number of rotatable bonds is 5. The Morgan fingerprint density at radius 1 is 1.23 bits per heavy atom. The maximum absolute atomic E-state index is 14.2. The third kappa shape index (κ3) is 3.71.